The van der Waals surface area contributed by atoms with E-state index in [9.17, 15) is 9.59 Å². The highest BCUT2D eigenvalue weighted by Gasteiger charge is 2.36. The van der Waals surface area contributed by atoms with Crippen LogP contribution in [0.1, 0.15) is 20.9 Å². The van der Waals surface area contributed by atoms with E-state index in [-0.39, 0.29) is 18.4 Å². The lowest BCUT2D eigenvalue weighted by atomic mass is 10.1. The Morgan fingerprint density at radius 3 is 2.64 bits per heavy atom. The second-order valence-electron chi connectivity index (χ2n) is 8.07. The van der Waals surface area contributed by atoms with Crippen molar-refractivity contribution in [3.05, 3.63) is 58.8 Å². The van der Waals surface area contributed by atoms with Crippen molar-refractivity contribution in [2.75, 3.05) is 25.5 Å². The van der Waals surface area contributed by atoms with Gasteiger partial charge >= 0.3 is 0 Å². The third-order valence-corrected chi connectivity index (χ3v) is 6.82. The molecule has 1 aliphatic heterocycles. The minimum Gasteiger partial charge on any atom is -0.476 e. The van der Waals surface area contributed by atoms with Crippen LogP contribution in [-0.2, 0) is 4.79 Å². The van der Waals surface area contributed by atoms with Crippen LogP contribution in [0.15, 0.2) is 47.1 Å². The SMILES string of the molecule is Cc1nc(-c2ccco2)nc2sc(C(=O)N3C[C@@H](C(=O)N(C)C)Oc4ccccc43)c(C)c12. The van der Waals surface area contributed by atoms with E-state index in [4.69, 9.17) is 9.15 Å². The molecule has 0 radical (unpaired) electrons. The molecular formula is C24H22N4O4S. The highest BCUT2D eigenvalue weighted by molar-refractivity contribution is 7.20. The summed E-state index contributed by atoms with van der Waals surface area (Å²) in [6.07, 6.45) is 0.800. The molecule has 5 rings (SSSR count). The molecule has 33 heavy (non-hydrogen) atoms. The van der Waals surface area contributed by atoms with Gasteiger partial charge in [-0.3, -0.25) is 14.5 Å². The minimum atomic E-state index is -0.777. The molecule has 0 saturated heterocycles. The maximum Gasteiger partial charge on any atom is 0.268 e. The first-order chi connectivity index (χ1) is 15.8. The molecule has 1 aromatic carbocycles. The fourth-order valence-electron chi connectivity index (χ4n) is 4.02. The Bertz CT molecular complexity index is 1380. The third-order valence-electron chi connectivity index (χ3n) is 5.64. The number of hydrogen-bond acceptors (Lipinski definition) is 7. The van der Waals surface area contributed by atoms with Crippen LogP contribution in [0.25, 0.3) is 21.8 Å². The van der Waals surface area contributed by atoms with Crippen LogP contribution in [0.5, 0.6) is 5.75 Å². The maximum absolute atomic E-state index is 13.8. The standard InChI is InChI=1S/C24H22N4O4S/c1-13-19-14(2)25-21(17-10-7-11-31-17)26-22(19)33-20(13)24(30)28-12-18(23(29)27(3)4)32-16-9-6-5-8-15(16)28/h5-11,18H,12H2,1-4H3/t18-/m0/s1. The monoisotopic (exact) mass is 462 g/mol. The van der Waals surface area contributed by atoms with Gasteiger partial charge in [-0.2, -0.15) is 0 Å². The number of benzene rings is 1. The van der Waals surface area contributed by atoms with E-state index < -0.39 is 6.10 Å². The summed E-state index contributed by atoms with van der Waals surface area (Å²) < 4.78 is 11.4. The van der Waals surface area contributed by atoms with E-state index >= 15 is 0 Å². The van der Waals surface area contributed by atoms with E-state index in [2.05, 4.69) is 9.97 Å². The maximum atomic E-state index is 13.8. The first kappa shape index (κ1) is 21.1. The number of ether oxygens (including phenoxy) is 1. The second kappa shape index (κ2) is 8.00. The largest absolute Gasteiger partial charge is 0.476 e. The number of amides is 2. The average molecular weight is 463 g/mol. The second-order valence-corrected chi connectivity index (χ2v) is 9.07. The van der Waals surface area contributed by atoms with Gasteiger partial charge in [0.2, 0.25) is 0 Å². The number of rotatable bonds is 3. The molecule has 1 atom stereocenters. The Morgan fingerprint density at radius 1 is 1.12 bits per heavy atom. The molecular weight excluding hydrogens is 440 g/mol. The topological polar surface area (TPSA) is 88.8 Å². The fraction of sp³-hybridized carbons (Fsp3) is 0.250. The average Bonchev–Trinajstić information content (AvgIpc) is 3.46. The van der Waals surface area contributed by atoms with Crippen LogP contribution in [-0.4, -0.2) is 53.4 Å². The van der Waals surface area contributed by atoms with Gasteiger partial charge in [-0.05, 0) is 43.7 Å². The van der Waals surface area contributed by atoms with Gasteiger partial charge in [0.15, 0.2) is 17.7 Å². The van der Waals surface area contributed by atoms with Crippen LogP contribution in [0.3, 0.4) is 0 Å². The van der Waals surface area contributed by atoms with E-state index in [0.717, 1.165) is 21.5 Å². The molecule has 168 valence electrons. The number of carbonyl (C=O) groups is 2. The Labute approximate surface area is 194 Å². The number of aromatic nitrogens is 2. The molecule has 0 N–H and O–H groups in total. The van der Waals surface area contributed by atoms with Gasteiger partial charge in [0.1, 0.15) is 10.6 Å². The summed E-state index contributed by atoms with van der Waals surface area (Å²) in [7, 11) is 3.35. The van der Waals surface area contributed by atoms with Gasteiger partial charge in [-0.15, -0.1) is 11.3 Å². The molecule has 0 aliphatic carbocycles. The van der Waals surface area contributed by atoms with Gasteiger partial charge in [0, 0.05) is 19.5 Å². The van der Waals surface area contributed by atoms with Crippen molar-refractivity contribution in [3.63, 3.8) is 0 Å². The van der Waals surface area contributed by atoms with Crippen molar-refractivity contribution in [1.82, 2.24) is 14.9 Å². The highest BCUT2D eigenvalue weighted by Crippen LogP contribution is 2.38. The van der Waals surface area contributed by atoms with Crippen LogP contribution >= 0.6 is 11.3 Å². The molecule has 3 aromatic heterocycles. The molecule has 0 unspecified atom stereocenters. The number of furan rings is 1. The Kier molecular flexibility index (Phi) is 5.13. The summed E-state index contributed by atoms with van der Waals surface area (Å²) in [6.45, 7) is 3.94. The molecule has 8 nitrogen and oxygen atoms in total. The molecule has 2 amide bonds. The quantitative estimate of drug-likeness (QED) is 0.456. The van der Waals surface area contributed by atoms with E-state index in [1.165, 1.54) is 16.2 Å². The van der Waals surface area contributed by atoms with Gasteiger partial charge in [-0.1, -0.05) is 12.1 Å². The summed E-state index contributed by atoms with van der Waals surface area (Å²) in [5, 5.41) is 0.862. The summed E-state index contributed by atoms with van der Waals surface area (Å²) in [4.78, 5) is 40.1. The number of fused-ring (bicyclic) bond motifs is 2. The van der Waals surface area contributed by atoms with Crippen LogP contribution in [0.2, 0.25) is 0 Å². The molecule has 0 spiro atoms. The van der Waals surface area contributed by atoms with Crippen LogP contribution in [0.4, 0.5) is 5.69 Å². The first-order valence-electron chi connectivity index (χ1n) is 10.5. The van der Waals surface area contributed by atoms with E-state index in [1.54, 1.807) is 43.5 Å². The van der Waals surface area contributed by atoms with Gasteiger partial charge in [0.25, 0.3) is 11.8 Å². The first-order valence-corrected chi connectivity index (χ1v) is 11.3. The Morgan fingerprint density at radius 2 is 1.91 bits per heavy atom. The molecule has 1 aliphatic rings. The minimum absolute atomic E-state index is 0.128. The van der Waals surface area contributed by atoms with Gasteiger partial charge in [0.05, 0.1) is 29.1 Å². The predicted octanol–water partition coefficient (Wildman–Crippen LogP) is 4.06. The van der Waals surface area contributed by atoms with E-state index in [0.29, 0.717) is 27.9 Å². The van der Waals surface area contributed by atoms with Crippen molar-refractivity contribution in [3.8, 4) is 17.3 Å². The van der Waals surface area contributed by atoms with Crippen molar-refractivity contribution >= 4 is 39.1 Å². The highest BCUT2D eigenvalue weighted by atomic mass is 32.1. The Hall–Kier alpha value is -3.72. The van der Waals surface area contributed by atoms with Crippen LogP contribution < -0.4 is 9.64 Å². The van der Waals surface area contributed by atoms with Crippen molar-refractivity contribution in [1.29, 1.82) is 0 Å². The summed E-state index contributed by atoms with van der Waals surface area (Å²) >= 11 is 1.32. The molecule has 4 heterocycles. The molecule has 0 fully saturated rings. The number of nitrogens with zero attached hydrogens (tertiary/aromatic N) is 4. The third kappa shape index (κ3) is 3.54. The number of likely N-dealkylation sites (N-methyl/N-ethyl adjacent to an activating group) is 1. The summed E-state index contributed by atoms with van der Waals surface area (Å²) in [5.41, 5.74) is 2.24. The predicted molar refractivity (Wildman–Crippen MR) is 126 cm³/mol. The fourth-order valence-corrected chi connectivity index (χ4v) is 5.21. The molecule has 0 saturated carbocycles. The molecule has 0 bridgehead atoms. The number of carbonyl (C=O) groups excluding carboxylic acids is 2. The smallest absolute Gasteiger partial charge is 0.268 e. The number of hydrogen-bond donors (Lipinski definition) is 0. The van der Waals surface area contributed by atoms with Gasteiger partial charge < -0.3 is 14.1 Å². The van der Waals surface area contributed by atoms with Crippen molar-refractivity contribution in [2.45, 2.75) is 20.0 Å². The van der Waals surface area contributed by atoms with Crippen molar-refractivity contribution in [2.24, 2.45) is 0 Å². The lowest BCUT2D eigenvalue weighted by Crippen LogP contribution is -2.50. The Balaban J connectivity index is 1.58. The van der Waals surface area contributed by atoms with Gasteiger partial charge in [-0.25, -0.2) is 9.97 Å². The lowest BCUT2D eigenvalue weighted by Gasteiger charge is -2.35. The van der Waals surface area contributed by atoms with E-state index in [1.807, 2.05) is 32.0 Å². The number of thiophene rings is 1. The lowest BCUT2D eigenvalue weighted by molar-refractivity contribution is -0.135. The molecule has 4 aromatic rings. The van der Waals surface area contributed by atoms with Crippen LogP contribution in [0, 0.1) is 13.8 Å². The zero-order valence-electron chi connectivity index (χ0n) is 18.7. The zero-order valence-corrected chi connectivity index (χ0v) is 19.5. The summed E-state index contributed by atoms with van der Waals surface area (Å²) in [6, 6.07) is 10.9. The normalized spacial score (nSPS) is 15.3. The molecule has 9 heteroatoms. The number of para-hydroxylation sites is 2. The summed E-state index contributed by atoms with van der Waals surface area (Å²) in [5.74, 6) is 1.18. The number of anilines is 1. The number of aryl methyl sites for hydroxylation is 2. The van der Waals surface area contributed by atoms with Crippen molar-refractivity contribution < 1.29 is 18.7 Å². The zero-order chi connectivity index (χ0) is 23.3.